The molecule has 0 fully saturated rings. The fourth-order valence-electron chi connectivity index (χ4n) is 1.41. The van der Waals surface area contributed by atoms with Crippen molar-refractivity contribution in [2.24, 2.45) is 5.92 Å². The molecule has 0 bridgehead atoms. The minimum Gasteiger partial charge on any atom is -0.492 e. The van der Waals surface area contributed by atoms with E-state index in [2.05, 4.69) is 15.9 Å². The van der Waals surface area contributed by atoms with Gasteiger partial charge in [0.05, 0.1) is 16.0 Å². The molecule has 0 aliphatic heterocycles. The second-order valence-corrected chi connectivity index (χ2v) is 5.23. The van der Waals surface area contributed by atoms with Crippen LogP contribution in [0.5, 0.6) is 5.75 Å². The molecule has 0 radical (unpaired) electrons. The third-order valence-electron chi connectivity index (χ3n) is 2.77. The normalized spacial score (nSPS) is 13.1. The zero-order chi connectivity index (χ0) is 15.5. The molecule has 1 atom stereocenters. The van der Waals surface area contributed by atoms with E-state index in [1.165, 1.54) is 13.8 Å². The molecule has 20 heavy (non-hydrogen) atoms. The van der Waals surface area contributed by atoms with Crippen LogP contribution in [0.15, 0.2) is 16.6 Å². The topological polar surface area (TPSA) is 46.5 Å². The maximum absolute atomic E-state index is 13.8. The molecule has 0 unspecified atom stereocenters. The van der Waals surface area contributed by atoms with Gasteiger partial charge in [0, 0.05) is 12.5 Å². The molecule has 0 aromatic heterocycles. The molecule has 7 heteroatoms. The Morgan fingerprint density at radius 2 is 2.10 bits per heavy atom. The zero-order valence-corrected chi connectivity index (χ0v) is 12.5. The molecule has 0 amide bonds. The summed E-state index contributed by atoms with van der Waals surface area (Å²) in [7, 11) is 0. The lowest BCUT2D eigenvalue weighted by Gasteiger charge is -2.20. The summed E-state index contributed by atoms with van der Waals surface area (Å²) in [4.78, 5) is 10.7. The highest BCUT2D eigenvalue weighted by atomic mass is 79.9. The van der Waals surface area contributed by atoms with Crippen LogP contribution in [0.25, 0.3) is 0 Å². The van der Waals surface area contributed by atoms with Gasteiger partial charge >= 0.3 is 5.97 Å². The Hall–Kier alpha value is -1.24. The van der Waals surface area contributed by atoms with Crippen LogP contribution in [0.2, 0.25) is 0 Å². The summed E-state index contributed by atoms with van der Waals surface area (Å²) in [5.41, 5.74) is -0.467. The summed E-state index contributed by atoms with van der Waals surface area (Å²) < 4.78 is 46.0. The molecular formula is C13H14BrF3O3. The summed E-state index contributed by atoms with van der Waals surface area (Å²) in [5.74, 6) is -6.28. The van der Waals surface area contributed by atoms with Crippen LogP contribution >= 0.6 is 15.9 Å². The Kier molecular flexibility index (Phi) is 5.44. The van der Waals surface area contributed by atoms with Crippen LogP contribution in [0, 0.1) is 11.7 Å². The highest BCUT2D eigenvalue weighted by Gasteiger charge is 2.34. The van der Waals surface area contributed by atoms with Crippen LogP contribution in [-0.4, -0.2) is 17.7 Å². The van der Waals surface area contributed by atoms with Crippen LogP contribution in [-0.2, 0) is 10.7 Å². The number of aliphatic carboxylic acids is 1. The third-order valence-corrected chi connectivity index (χ3v) is 3.38. The Balaban J connectivity index is 3.10. The van der Waals surface area contributed by atoms with Crippen molar-refractivity contribution in [3.05, 3.63) is 28.0 Å². The fraction of sp³-hybridized carbons (Fsp3) is 0.462. The van der Waals surface area contributed by atoms with Gasteiger partial charge in [-0.2, -0.15) is 0 Å². The lowest BCUT2D eigenvalue weighted by atomic mass is 10.0. The molecule has 0 heterocycles. The number of carboxylic acid groups (broad SMARTS) is 1. The van der Waals surface area contributed by atoms with Crippen molar-refractivity contribution < 1.29 is 27.8 Å². The van der Waals surface area contributed by atoms with Gasteiger partial charge in [0.1, 0.15) is 18.2 Å². The third kappa shape index (κ3) is 3.88. The second-order valence-electron chi connectivity index (χ2n) is 4.37. The van der Waals surface area contributed by atoms with E-state index in [0.717, 1.165) is 12.1 Å². The van der Waals surface area contributed by atoms with Crippen LogP contribution in [0.4, 0.5) is 13.2 Å². The maximum Gasteiger partial charge on any atom is 0.309 e. The van der Waals surface area contributed by atoms with E-state index >= 15 is 0 Å². The lowest BCUT2D eigenvalue weighted by molar-refractivity contribution is -0.142. The van der Waals surface area contributed by atoms with E-state index in [9.17, 15) is 18.0 Å². The number of carbonyl (C=O) groups is 1. The Morgan fingerprint density at radius 1 is 1.50 bits per heavy atom. The molecule has 0 saturated heterocycles. The molecule has 1 aromatic carbocycles. The molecular weight excluding hydrogens is 341 g/mol. The van der Waals surface area contributed by atoms with Crippen molar-refractivity contribution in [3.8, 4) is 5.75 Å². The molecule has 0 spiro atoms. The van der Waals surface area contributed by atoms with Gasteiger partial charge in [-0.05, 0) is 28.9 Å². The molecule has 1 N–H and O–H groups in total. The predicted molar refractivity (Wildman–Crippen MR) is 70.6 cm³/mol. The zero-order valence-electron chi connectivity index (χ0n) is 10.9. The quantitative estimate of drug-likeness (QED) is 0.833. The van der Waals surface area contributed by atoms with Gasteiger partial charge < -0.3 is 9.84 Å². The molecule has 0 aliphatic rings. The SMILES string of the molecule is CCC(F)(F)c1cc(Br)c(F)cc1OC[C@H](C)C(=O)O. The Morgan fingerprint density at radius 3 is 2.60 bits per heavy atom. The van der Waals surface area contributed by atoms with Gasteiger partial charge in [-0.15, -0.1) is 0 Å². The number of halogens is 4. The van der Waals surface area contributed by atoms with Gasteiger partial charge in [-0.3, -0.25) is 4.79 Å². The van der Waals surface area contributed by atoms with Crippen molar-refractivity contribution in [2.75, 3.05) is 6.61 Å². The molecule has 0 saturated carbocycles. The van der Waals surface area contributed by atoms with Gasteiger partial charge in [0.2, 0.25) is 0 Å². The van der Waals surface area contributed by atoms with E-state index < -0.39 is 35.6 Å². The summed E-state index contributed by atoms with van der Waals surface area (Å²) in [6, 6.07) is 1.79. The van der Waals surface area contributed by atoms with Crippen LogP contribution < -0.4 is 4.74 Å². The number of hydrogen-bond acceptors (Lipinski definition) is 2. The number of carboxylic acids is 1. The first-order chi connectivity index (χ1) is 9.19. The van der Waals surface area contributed by atoms with Gasteiger partial charge in [-0.25, -0.2) is 13.2 Å². The molecule has 0 aliphatic carbocycles. The van der Waals surface area contributed by atoms with E-state index in [1.54, 1.807) is 0 Å². The van der Waals surface area contributed by atoms with Crippen LogP contribution in [0.1, 0.15) is 25.8 Å². The summed E-state index contributed by atoms with van der Waals surface area (Å²) >= 11 is 2.85. The number of alkyl halides is 2. The smallest absolute Gasteiger partial charge is 0.309 e. The first-order valence-electron chi connectivity index (χ1n) is 5.92. The second kappa shape index (κ2) is 6.47. The predicted octanol–water partition coefficient (Wildman–Crippen LogP) is 4.19. The Labute approximate surface area is 122 Å². The molecule has 1 rings (SSSR count). The average Bonchev–Trinajstić information content (AvgIpc) is 2.38. The number of hydrogen-bond donors (Lipinski definition) is 1. The van der Waals surface area contributed by atoms with Crippen LogP contribution in [0.3, 0.4) is 0 Å². The fourth-order valence-corrected chi connectivity index (χ4v) is 1.75. The van der Waals surface area contributed by atoms with Crippen molar-refractivity contribution in [1.29, 1.82) is 0 Å². The van der Waals surface area contributed by atoms with E-state index in [4.69, 9.17) is 9.84 Å². The first-order valence-corrected chi connectivity index (χ1v) is 6.71. The minimum atomic E-state index is -3.18. The maximum atomic E-state index is 13.8. The standard InChI is InChI=1S/C13H14BrF3O3/c1-3-13(16,17)8-4-9(14)10(15)5-11(8)20-6-7(2)12(18)19/h4-5,7H,3,6H2,1-2H3,(H,18,19)/t7-/m0/s1. The summed E-state index contributed by atoms with van der Waals surface area (Å²) in [6.45, 7) is 2.35. The summed E-state index contributed by atoms with van der Waals surface area (Å²) in [6.07, 6.45) is -0.476. The molecule has 112 valence electrons. The van der Waals surface area contributed by atoms with E-state index in [0.29, 0.717) is 0 Å². The monoisotopic (exact) mass is 354 g/mol. The molecule has 1 aromatic rings. The van der Waals surface area contributed by atoms with Crippen molar-refractivity contribution in [2.45, 2.75) is 26.2 Å². The lowest BCUT2D eigenvalue weighted by Crippen LogP contribution is -2.20. The Bertz CT molecular complexity index is 506. The van der Waals surface area contributed by atoms with E-state index in [-0.39, 0.29) is 16.8 Å². The largest absolute Gasteiger partial charge is 0.492 e. The number of ether oxygens (including phenoxy) is 1. The number of benzene rings is 1. The van der Waals surface area contributed by atoms with Crippen molar-refractivity contribution in [1.82, 2.24) is 0 Å². The van der Waals surface area contributed by atoms with Gasteiger partial charge in [-0.1, -0.05) is 6.92 Å². The highest BCUT2D eigenvalue weighted by Crippen LogP contribution is 2.40. The van der Waals surface area contributed by atoms with Gasteiger partial charge in [0.25, 0.3) is 5.92 Å². The van der Waals surface area contributed by atoms with Crippen molar-refractivity contribution >= 4 is 21.9 Å². The first kappa shape index (κ1) is 16.8. The summed E-state index contributed by atoms with van der Waals surface area (Å²) in [5, 5.41) is 8.72. The van der Waals surface area contributed by atoms with Gasteiger partial charge in [0.15, 0.2) is 0 Å². The minimum absolute atomic E-state index is 0.0979. The highest BCUT2D eigenvalue weighted by molar-refractivity contribution is 9.10. The van der Waals surface area contributed by atoms with Crippen molar-refractivity contribution in [3.63, 3.8) is 0 Å². The van der Waals surface area contributed by atoms with E-state index in [1.807, 2.05) is 0 Å². The molecule has 3 nitrogen and oxygen atoms in total. The average molecular weight is 355 g/mol. The number of rotatable bonds is 6.